The SMILES string of the molecule is CC(C)Oc1c(F)cc(-n2c(N)c3c(cc2=O)C(=O)NC3=O)cc1F. The number of halogens is 2. The van der Waals surface area contributed by atoms with Crippen LogP contribution in [0.1, 0.15) is 34.6 Å². The number of pyridine rings is 1. The average Bonchev–Trinajstić information content (AvgIpc) is 2.77. The van der Waals surface area contributed by atoms with E-state index >= 15 is 0 Å². The number of ether oxygens (including phenoxy) is 1. The van der Waals surface area contributed by atoms with Crippen LogP contribution in [0, 0.1) is 11.6 Å². The second-order valence-corrected chi connectivity index (χ2v) is 5.68. The second-order valence-electron chi connectivity index (χ2n) is 5.68. The minimum atomic E-state index is -1.03. The van der Waals surface area contributed by atoms with Crippen molar-refractivity contribution in [2.45, 2.75) is 20.0 Å². The number of carbonyl (C=O) groups excluding carboxylic acids is 2. The maximum Gasteiger partial charge on any atom is 0.262 e. The molecule has 1 aliphatic rings. The zero-order valence-electron chi connectivity index (χ0n) is 13.2. The van der Waals surface area contributed by atoms with Crippen LogP contribution < -0.4 is 21.3 Å². The highest BCUT2D eigenvalue weighted by molar-refractivity contribution is 6.23. The first-order chi connectivity index (χ1) is 11.7. The average molecular weight is 349 g/mol. The van der Waals surface area contributed by atoms with Gasteiger partial charge in [0, 0.05) is 18.2 Å². The van der Waals surface area contributed by atoms with Crippen molar-refractivity contribution in [1.82, 2.24) is 9.88 Å². The van der Waals surface area contributed by atoms with Crippen molar-refractivity contribution in [2.24, 2.45) is 0 Å². The summed E-state index contributed by atoms with van der Waals surface area (Å²) in [5, 5.41) is 2.00. The molecule has 0 spiro atoms. The van der Waals surface area contributed by atoms with Gasteiger partial charge in [0.2, 0.25) is 0 Å². The number of nitrogen functional groups attached to an aromatic ring is 1. The van der Waals surface area contributed by atoms with E-state index in [-0.39, 0.29) is 22.6 Å². The Kier molecular flexibility index (Phi) is 3.78. The number of imide groups is 1. The molecule has 2 heterocycles. The molecule has 1 aliphatic heterocycles. The standard InChI is InChI=1S/C16H13F2N3O4/c1-6(2)25-13-9(17)3-7(4-10(13)18)21-11(22)5-8-12(14(21)19)16(24)20-15(8)23/h3-6H,19H2,1-2H3,(H,20,23,24). The Morgan fingerprint density at radius 2 is 1.68 bits per heavy atom. The largest absolute Gasteiger partial charge is 0.485 e. The van der Waals surface area contributed by atoms with E-state index in [1.54, 1.807) is 13.8 Å². The third-order valence-corrected chi connectivity index (χ3v) is 3.55. The van der Waals surface area contributed by atoms with Gasteiger partial charge in [-0.3, -0.25) is 24.3 Å². The van der Waals surface area contributed by atoms with Crippen LogP contribution in [-0.4, -0.2) is 22.5 Å². The molecule has 9 heteroatoms. The van der Waals surface area contributed by atoms with E-state index < -0.39 is 40.9 Å². The van der Waals surface area contributed by atoms with Crippen LogP contribution in [0.5, 0.6) is 5.75 Å². The van der Waals surface area contributed by atoms with E-state index in [9.17, 15) is 23.2 Å². The Bertz CT molecular complexity index is 959. The Morgan fingerprint density at radius 3 is 2.24 bits per heavy atom. The van der Waals surface area contributed by atoms with Gasteiger partial charge in [-0.15, -0.1) is 0 Å². The highest BCUT2D eigenvalue weighted by atomic mass is 19.1. The molecule has 0 atom stereocenters. The minimum Gasteiger partial charge on any atom is -0.485 e. The van der Waals surface area contributed by atoms with Crippen LogP contribution in [0.3, 0.4) is 0 Å². The summed E-state index contributed by atoms with van der Waals surface area (Å²) in [5.41, 5.74) is 4.38. The molecule has 0 unspecified atom stereocenters. The molecule has 2 amide bonds. The smallest absolute Gasteiger partial charge is 0.262 e. The molecule has 1 aromatic carbocycles. The van der Waals surface area contributed by atoms with Crippen molar-refractivity contribution in [1.29, 1.82) is 0 Å². The third-order valence-electron chi connectivity index (χ3n) is 3.55. The summed E-state index contributed by atoms with van der Waals surface area (Å²) in [6.07, 6.45) is -0.461. The molecule has 130 valence electrons. The maximum absolute atomic E-state index is 14.2. The molecule has 25 heavy (non-hydrogen) atoms. The minimum absolute atomic E-state index is 0.176. The molecule has 2 aromatic rings. The molecule has 0 fully saturated rings. The van der Waals surface area contributed by atoms with Gasteiger partial charge in [-0.05, 0) is 13.8 Å². The topological polar surface area (TPSA) is 103 Å². The first-order valence-electron chi connectivity index (χ1n) is 7.28. The summed E-state index contributed by atoms with van der Waals surface area (Å²) >= 11 is 0. The van der Waals surface area contributed by atoms with Crippen LogP contribution in [0.25, 0.3) is 5.69 Å². The first kappa shape index (κ1) is 16.6. The Morgan fingerprint density at radius 1 is 1.08 bits per heavy atom. The molecule has 7 nitrogen and oxygen atoms in total. The molecule has 3 rings (SSSR count). The fourth-order valence-electron chi connectivity index (χ4n) is 2.57. The fourth-order valence-corrected chi connectivity index (χ4v) is 2.57. The number of carbonyl (C=O) groups is 2. The van der Waals surface area contributed by atoms with Crippen molar-refractivity contribution in [2.75, 3.05) is 5.73 Å². The number of amides is 2. The van der Waals surface area contributed by atoms with Gasteiger partial charge in [0.15, 0.2) is 17.4 Å². The number of rotatable bonds is 3. The highest BCUT2D eigenvalue weighted by Crippen LogP contribution is 2.28. The fraction of sp³-hybridized carbons (Fsp3) is 0.188. The van der Waals surface area contributed by atoms with E-state index in [1.807, 2.05) is 5.32 Å². The summed E-state index contributed by atoms with van der Waals surface area (Å²) in [5.74, 6) is -4.57. The molecular formula is C16H13F2N3O4. The van der Waals surface area contributed by atoms with Crippen molar-refractivity contribution < 1.29 is 23.1 Å². The lowest BCUT2D eigenvalue weighted by Crippen LogP contribution is -2.24. The number of nitrogens with two attached hydrogens (primary N) is 1. The first-order valence-corrected chi connectivity index (χ1v) is 7.28. The highest BCUT2D eigenvalue weighted by Gasteiger charge is 2.32. The number of fused-ring (bicyclic) bond motifs is 1. The van der Waals surface area contributed by atoms with Crippen LogP contribution in [-0.2, 0) is 0 Å². The summed E-state index contributed by atoms with van der Waals surface area (Å²) < 4.78 is 34.2. The zero-order valence-corrected chi connectivity index (χ0v) is 13.2. The molecule has 0 radical (unpaired) electrons. The number of nitrogens with one attached hydrogen (secondary N) is 1. The lowest BCUT2D eigenvalue weighted by molar-refractivity contribution is 0.0880. The van der Waals surface area contributed by atoms with Gasteiger partial charge in [-0.2, -0.15) is 0 Å². The molecule has 0 aliphatic carbocycles. The van der Waals surface area contributed by atoms with Crippen LogP contribution >= 0.6 is 0 Å². The molecular weight excluding hydrogens is 336 g/mol. The van der Waals surface area contributed by atoms with Crippen LogP contribution in [0.15, 0.2) is 23.0 Å². The third kappa shape index (κ3) is 2.63. The number of hydrogen-bond donors (Lipinski definition) is 2. The number of benzene rings is 1. The van der Waals surface area contributed by atoms with E-state index in [1.165, 1.54) is 0 Å². The van der Waals surface area contributed by atoms with Gasteiger partial charge in [-0.25, -0.2) is 8.78 Å². The van der Waals surface area contributed by atoms with Crippen molar-refractivity contribution in [3.63, 3.8) is 0 Å². The quantitative estimate of drug-likeness (QED) is 0.815. The van der Waals surface area contributed by atoms with Gasteiger partial charge in [0.1, 0.15) is 5.82 Å². The lowest BCUT2D eigenvalue weighted by atomic mass is 10.1. The van der Waals surface area contributed by atoms with Crippen molar-refractivity contribution in [3.05, 3.63) is 51.3 Å². The summed E-state index contributed by atoms with van der Waals surface area (Å²) in [7, 11) is 0. The normalized spacial score (nSPS) is 13.2. The van der Waals surface area contributed by atoms with E-state index in [0.29, 0.717) is 0 Å². The van der Waals surface area contributed by atoms with Gasteiger partial charge in [0.25, 0.3) is 17.4 Å². The molecule has 0 bridgehead atoms. The number of aromatic nitrogens is 1. The number of hydrogen-bond acceptors (Lipinski definition) is 5. The van der Waals surface area contributed by atoms with E-state index in [0.717, 1.165) is 22.8 Å². The molecule has 0 saturated heterocycles. The van der Waals surface area contributed by atoms with E-state index in [2.05, 4.69) is 0 Å². The van der Waals surface area contributed by atoms with Gasteiger partial charge in [-0.1, -0.05) is 0 Å². The monoisotopic (exact) mass is 349 g/mol. The Hall–Kier alpha value is -3.23. The van der Waals surface area contributed by atoms with Gasteiger partial charge >= 0.3 is 0 Å². The summed E-state index contributed by atoms with van der Waals surface area (Å²) in [6.45, 7) is 3.21. The number of nitrogens with zero attached hydrogens (tertiary/aromatic N) is 1. The van der Waals surface area contributed by atoms with Gasteiger partial charge < -0.3 is 10.5 Å². The molecule has 3 N–H and O–H groups in total. The predicted octanol–water partition coefficient (Wildman–Crippen LogP) is 1.37. The summed E-state index contributed by atoms with van der Waals surface area (Å²) in [4.78, 5) is 35.7. The van der Waals surface area contributed by atoms with Gasteiger partial charge in [0.05, 0.1) is 22.9 Å². The summed E-state index contributed by atoms with van der Waals surface area (Å²) in [6, 6.07) is 2.61. The molecule has 1 aromatic heterocycles. The number of anilines is 1. The second kappa shape index (κ2) is 5.69. The molecule has 0 saturated carbocycles. The van der Waals surface area contributed by atoms with Crippen LogP contribution in [0.2, 0.25) is 0 Å². The van der Waals surface area contributed by atoms with Crippen molar-refractivity contribution in [3.8, 4) is 11.4 Å². The predicted molar refractivity (Wildman–Crippen MR) is 83.9 cm³/mol. The van der Waals surface area contributed by atoms with E-state index in [4.69, 9.17) is 10.5 Å². The maximum atomic E-state index is 14.2. The zero-order chi connectivity index (χ0) is 18.5. The Labute approximate surface area is 140 Å². The Balaban J connectivity index is 2.22. The van der Waals surface area contributed by atoms with Crippen molar-refractivity contribution >= 4 is 17.6 Å². The van der Waals surface area contributed by atoms with Crippen LogP contribution in [0.4, 0.5) is 14.6 Å². The lowest BCUT2D eigenvalue weighted by Gasteiger charge is -2.15.